The van der Waals surface area contributed by atoms with Crippen molar-refractivity contribution < 1.29 is 33.0 Å². The van der Waals surface area contributed by atoms with Crippen molar-refractivity contribution in [3.63, 3.8) is 0 Å². The van der Waals surface area contributed by atoms with Crippen molar-refractivity contribution in [2.24, 2.45) is 0 Å². The molecule has 1 amide bonds. The maximum absolute atomic E-state index is 13.7. The van der Waals surface area contributed by atoms with E-state index in [1.165, 1.54) is 0 Å². The molecular formula is C31H23F3N4O5. The summed E-state index contributed by atoms with van der Waals surface area (Å²) in [6.45, 7) is -0.276. The van der Waals surface area contributed by atoms with Gasteiger partial charge in [0, 0.05) is 23.7 Å². The van der Waals surface area contributed by atoms with Crippen LogP contribution in [-0.4, -0.2) is 43.6 Å². The van der Waals surface area contributed by atoms with E-state index in [1.807, 2.05) is 18.2 Å². The maximum Gasteiger partial charge on any atom is 0.433 e. The Hall–Kier alpha value is -5.52. The number of aliphatic carboxylic acids is 1. The van der Waals surface area contributed by atoms with E-state index in [2.05, 4.69) is 20.3 Å². The number of aromatic nitrogens is 3. The van der Waals surface area contributed by atoms with E-state index in [4.69, 9.17) is 5.11 Å². The van der Waals surface area contributed by atoms with Gasteiger partial charge in [-0.25, -0.2) is 4.98 Å². The number of nitrogens with zero attached hydrogens (tertiary/aromatic N) is 2. The maximum atomic E-state index is 13.7. The number of alkyl halides is 3. The third-order valence-corrected chi connectivity index (χ3v) is 6.69. The molecule has 5 rings (SSSR count). The molecule has 0 saturated carbocycles. The molecule has 0 fully saturated rings. The first-order valence-corrected chi connectivity index (χ1v) is 13.0. The molecule has 0 aliphatic rings. The van der Waals surface area contributed by atoms with Crippen LogP contribution in [0.3, 0.4) is 0 Å². The number of aromatic amines is 1. The van der Waals surface area contributed by atoms with Crippen LogP contribution in [0.4, 0.5) is 13.2 Å². The number of nitrogens with one attached hydrogen (secondary N) is 2. The van der Waals surface area contributed by atoms with Crippen molar-refractivity contribution in [3.8, 4) is 28.1 Å². The predicted octanol–water partition coefficient (Wildman–Crippen LogP) is 5.17. The Labute approximate surface area is 241 Å². The zero-order chi connectivity index (χ0) is 30.7. The monoisotopic (exact) mass is 588 g/mol. The number of carbonyl (C=O) groups is 2. The first-order valence-electron chi connectivity index (χ1n) is 13.0. The van der Waals surface area contributed by atoms with Gasteiger partial charge in [-0.15, -0.1) is 0 Å². The number of hydrogen-bond acceptors (Lipinski definition) is 6. The third kappa shape index (κ3) is 6.08. The fraction of sp³-hybridized carbons (Fsp3) is 0.129. The average molecular weight is 589 g/mol. The van der Waals surface area contributed by atoms with Gasteiger partial charge < -0.3 is 20.5 Å². The van der Waals surface area contributed by atoms with Crippen LogP contribution in [0.2, 0.25) is 0 Å². The van der Waals surface area contributed by atoms with Gasteiger partial charge in [-0.3, -0.25) is 19.4 Å². The summed E-state index contributed by atoms with van der Waals surface area (Å²) in [4.78, 5) is 48.3. The van der Waals surface area contributed by atoms with Crippen molar-refractivity contribution in [2.75, 3.05) is 6.54 Å². The molecule has 5 aromatic rings. The molecule has 3 aromatic heterocycles. The zero-order valence-electron chi connectivity index (χ0n) is 22.3. The minimum atomic E-state index is -4.71. The molecule has 218 valence electrons. The van der Waals surface area contributed by atoms with E-state index in [9.17, 15) is 32.7 Å². The summed E-state index contributed by atoms with van der Waals surface area (Å²) in [6, 6.07) is 19.6. The fourth-order valence-electron chi connectivity index (χ4n) is 4.75. The molecule has 4 N–H and O–H groups in total. The van der Waals surface area contributed by atoms with Gasteiger partial charge in [0.05, 0.1) is 23.2 Å². The molecule has 0 aliphatic carbocycles. The summed E-state index contributed by atoms with van der Waals surface area (Å²) in [7, 11) is 0. The van der Waals surface area contributed by atoms with Gasteiger partial charge in [0.15, 0.2) is 11.4 Å². The van der Waals surface area contributed by atoms with E-state index < -0.39 is 47.2 Å². The number of aromatic hydroxyl groups is 1. The van der Waals surface area contributed by atoms with Crippen LogP contribution in [0.25, 0.3) is 33.3 Å². The molecule has 0 bridgehead atoms. The molecule has 0 aliphatic heterocycles. The van der Waals surface area contributed by atoms with Crippen LogP contribution >= 0.6 is 0 Å². The van der Waals surface area contributed by atoms with E-state index in [-0.39, 0.29) is 40.7 Å². The van der Waals surface area contributed by atoms with Crippen LogP contribution in [-0.2, 0) is 17.4 Å². The van der Waals surface area contributed by atoms with Crippen molar-refractivity contribution in [2.45, 2.75) is 19.0 Å². The first-order chi connectivity index (χ1) is 20.5. The van der Waals surface area contributed by atoms with Crippen LogP contribution in [0.5, 0.6) is 5.75 Å². The first kappa shape index (κ1) is 29.0. The Bertz CT molecular complexity index is 1870. The lowest BCUT2D eigenvalue weighted by Gasteiger charge is -2.18. The number of carbonyl (C=O) groups excluding carboxylic acids is 1. The summed E-state index contributed by atoms with van der Waals surface area (Å²) < 4.78 is 39.7. The fourth-order valence-corrected chi connectivity index (χ4v) is 4.75. The summed E-state index contributed by atoms with van der Waals surface area (Å²) in [5.74, 6) is -2.67. The smallest absolute Gasteiger partial charge is 0.433 e. The van der Waals surface area contributed by atoms with Crippen LogP contribution < -0.4 is 10.9 Å². The molecule has 0 spiro atoms. The van der Waals surface area contributed by atoms with Crippen molar-refractivity contribution in [1.29, 1.82) is 0 Å². The Kier molecular flexibility index (Phi) is 7.93. The predicted molar refractivity (Wildman–Crippen MR) is 152 cm³/mol. The molecule has 12 heteroatoms. The number of carboxylic acid groups (broad SMARTS) is 1. The second-order valence-corrected chi connectivity index (χ2v) is 9.57. The summed E-state index contributed by atoms with van der Waals surface area (Å²) in [5, 5.41) is 23.0. The van der Waals surface area contributed by atoms with Crippen molar-refractivity contribution in [1.82, 2.24) is 20.3 Å². The minimum Gasteiger partial charge on any atom is -0.505 e. The molecule has 43 heavy (non-hydrogen) atoms. The van der Waals surface area contributed by atoms with Crippen molar-refractivity contribution >= 4 is 22.8 Å². The number of rotatable bonds is 8. The number of H-pyrrole nitrogens is 1. The normalized spacial score (nSPS) is 11.4. The number of carboxylic acids is 1. The molecule has 0 saturated heterocycles. The number of hydrogen-bond donors (Lipinski definition) is 4. The SMILES string of the molecule is O=C(O)CCNC(=O)c1nc(-c2ccc(C(F)(F)F)nc2)c2[nH]c(=O)c(-c3ccccc3)c(Cc3ccccc3)c2c1O. The summed E-state index contributed by atoms with van der Waals surface area (Å²) in [6.07, 6.45) is -4.07. The molecule has 9 nitrogen and oxygen atoms in total. The molecule has 2 aromatic carbocycles. The highest BCUT2D eigenvalue weighted by molar-refractivity contribution is 6.07. The topological polar surface area (TPSA) is 145 Å². The largest absolute Gasteiger partial charge is 0.505 e. The van der Waals surface area contributed by atoms with Crippen LogP contribution in [0.15, 0.2) is 83.8 Å². The summed E-state index contributed by atoms with van der Waals surface area (Å²) >= 11 is 0. The van der Waals surface area contributed by atoms with Gasteiger partial charge in [0.1, 0.15) is 5.69 Å². The molecule has 0 atom stereocenters. The number of halogens is 3. The quantitative estimate of drug-likeness (QED) is 0.196. The van der Waals surface area contributed by atoms with Crippen molar-refractivity contribution in [3.05, 3.63) is 112 Å². The van der Waals surface area contributed by atoms with E-state index in [0.29, 0.717) is 11.1 Å². The zero-order valence-corrected chi connectivity index (χ0v) is 22.3. The Morgan fingerprint density at radius 3 is 2.21 bits per heavy atom. The van der Waals surface area contributed by atoms with E-state index in [1.54, 1.807) is 42.5 Å². The van der Waals surface area contributed by atoms with Gasteiger partial charge in [-0.05, 0) is 35.2 Å². The second-order valence-electron chi connectivity index (χ2n) is 9.57. The Balaban J connectivity index is 1.84. The van der Waals surface area contributed by atoms with Crippen LogP contribution in [0, 0.1) is 0 Å². The highest BCUT2D eigenvalue weighted by Crippen LogP contribution is 2.39. The number of pyridine rings is 3. The lowest BCUT2D eigenvalue weighted by atomic mass is 9.91. The average Bonchev–Trinajstić information content (AvgIpc) is 2.97. The molecule has 3 heterocycles. The third-order valence-electron chi connectivity index (χ3n) is 6.69. The van der Waals surface area contributed by atoms with Gasteiger partial charge >= 0.3 is 12.1 Å². The second kappa shape index (κ2) is 11.8. The molecular weight excluding hydrogens is 565 g/mol. The van der Waals surface area contributed by atoms with Gasteiger partial charge in [0.25, 0.3) is 11.5 Å². The number of amides is 1. The Morgan fingerprint density at radius 1 is 0.930 bits per heavy atom. The van der Waals surface area contributed by atoms with Gasteiger partial charge in [-0.1, -0.05) is 60.7 Å². The Morgan fingerprint density at radius 2 is 1.60 bits per heavy atom. The lowest BCUT2D eigenvalue weighted by molar-refractivity contribution is -0.141. The molecule has 0 unspecified atom stereocenters. The van der Waals surface area contributed by atoms with Crippen LogP contribution in [0.1, 0.15) is 33.7 Å². The summed E-state index contributed by atoms with van der Waals surface area (Å²) in [5.41, 5.74) is -0.448. The number of benzene rings is 2. The minimum absolute atomic E-state index is 0.0169. The lowest BCUT2D eigenvalue weighted by Crippen LogP contribution is -2.27. The van der Waals surface area contributed by atoms with Gasteiger partial charge in [0.2, 0.25) is 0 Å². The standard InChI is InChI=1S/C31H23F3N4O5/c32-31(33,34)21-12-11-19(16-36-21)25-26-24(28(41)27(37-25)30(43)35-14-13-22(39)40)20(15-17-7-3-1-4-8-17)23(29(42)38-26)18-9-5-2-6-10-18/h1-12,16,41H,13-15H2,(H,35,43)(H,38,42)(H,39,40). The van der Waals surface area contributed by atoms with Gasteiger partial charge in [-0.2, -0.15) is 13.2 Å². The highest BCUT2D eigenvalue weighted by atomic mass is 19.4. The molecule has 0 radical (unpaired) electrons. The highest BCUT2D eigenvalue weighted by Gasteiger charge is 2.32. The number of fused-ring (bicyclic) bond motifs is 1. The van der Waals surface area contributed by atoms with E-state index >= 15 is 0 Å². The van der Waals surface area contributed by atoms with E-state index in [0.717, 1.165) is 23.9 Å².